The second-order valence-electron chi connectivity index (χ2n) is 4.18. The number of nitrogens with one attached hydrogen (secondary N) is 1. The highest BCUT2D eigenvalue weighted by molar-refractivity contribution is 7.16. The molecule has 1 N–H and O–H groups in total. The Morgan fingerprint density at radius 2 is 2.16 bits per heavy atom. The van der Waals surface area contributed by atoms with Crippen LogP contribution in [0.2, 0.25) is 0 Å². The molecule has 98 valence electrons. The SMILES string of the molecule is CC(=O)Nc1ncc(C#Cc2ncc(C(C)C)o2)s1. The van der Waals surface area contributed by atoms with Crippen LogP contribution in [-0.4, -0.2) is 15.9 Å². The van der Waals surface area contributed by atoms with Crippen LogP contribution in [0.3, 0.4) is 0 Å². The highest BCUT2D eigenvalue weighted by Gasteiger charge is 2.05. The van der Waals surface area contributed by atoms with E-state index in [0.717, 1.165) is 10.6 Å². The molecule has 0 fully saturated rings. The van der Waals surface area contributed by atoms with Crippen LogP contribution >= 0.6 is 11.3 Å². The van der Waals surface area contributed by atoms with Gasteiger partial charge >= 0.3 is 0 Å². The van der Waals surface area contributed by atoms with Gasteiger partial charge < -0.3 is 9.73 Å². The first-order chi connectivity index (χ1) is 9.04. The summed E-state index contributed by atoms with van der Waals surface area (Å²) >= 11 is 1.31. The van der Waals surface area contributed by atoms with E-state index in [2.05, 4.69) is 27.1 Å². The van der Waals surface area contributed by atoms with Crippen molar-refractivity contribution in [1.82, 2.24) is 9.97 Å². The quantitative estimate of drug-likeness (QED) is 0.855. The van der Waals surface area contributed by atoms with Gasteiger partial charge in [0, 0.05) is 12.8 Å². The summed E-state index contributed by atoms with van der Waals surface area (Å²) in [6, 6.07) is 0. The molecule has 0 saturated heterocycles. The number of carbonyl (C=O) groups is 1. The van der Waals surface area contributed by atoms with Gasteiger partial charge in [-0.2, -0.15) is 0 Å². The standard InChI is InChI=1S/C13H13N3O2S/c1-8(2)11-7-14-12(18-11)5-4-10-6-15-13(19-10)16-9(3)17/h6-8H,1-3H3,(H,15,16,17). The molecule has 0 aliphatic carbocycles. The first-order valence-corrected chi connectivity index (χ1v) is 6.57. The number of nitrogens with zero attached hydrogens (tertiary/aromatic N) is 2. The fraction of sp³-hybridized carbons (Fsp3) is 0.308. The summed E-state index contributed by atoms with van der Waals surface area (Å²) in [6.45, 7) is 5.49. The number of rotatable bonds is 2. The van der Waals surface area contributed by atoms with Crippen molar-refractivity contribution < 1.29 is 9.21 Å². The minimum Gasteiger partial charge on any atom is -0.435 e. The average Bonchev–Trinajstić information content (AvgIpc) is 2.94. The van der Waals surface area contributed by atoms with Crippen molar-refractivity contribution >= 4 is 22.4 Å². The Balaban J connectivity index is 2.10. The van der Waals surface area contributed by atoms with E-state index in [1.165, 1.54) is 18.3 Å². The van der Waals surface area contributed by atoms with Crippen molar-refractivity contribution in [2.45, 2.75) is 26.7 Å². The van der Waals surface area contributed by atoms with Gasteiger partial charge in [0.2, 0.25) is 5.91 Å². The number of thiazole rings is 1. The first kappa shape index (κ1) is 13.3. The van der Waals surface area contributed by atoms with Crippen LogP contribution in [0.1, 0.15) is 43.2 Å². The van der Waals surface area contributed by atoms with Gasteiger partial charge in [-0.3, -0.25) is 4.79 Å². The molecule has 1 amide bonds. The zero-order valence-electron chi connectivity index (χ0n) is 10.9. The molecular weight excluding hydrogens is 262 g/mol. The molecule has 0 unspecified atom stereocenters. The van der Waals surface area contributed by atoms with Gasteiger partial charge in [-0.1, -0.05) is 25.2 Å². The lowest BCUT2D eigenvalue weighted by Gasteiger charge is -1.94. The van der Waals surface area contributed by atoms with E-state index in [9.17, 15) is 4.79 Å². The maximum absolute atomic E-state index is 10.9. The lowest BCUT2D eigenvalue weighted by Crippen LogP contribution is -2.04. The van der Waals surface area contributed by atoms with Gasteiger partial charge in [-0.25, -0.2) is 9.97 Å². The fourth-order valence-corrected chi connectivity index (χ4v) is 1.98. The summed E-state index contributed by atoms with van der Waals surface area (Å²) < 4.78 is 5.47. The molecule has 2 aromatic rings. The number of aromatic nitrogens is 2. The number of oxazole rings is 1. The molecule has 0 aromatic carbocycles. The summed E-state index contributed by atoms with van der Waals surface area (Å²) in [4.78, 5) is 19.7. The molecule has 0 aliphatic rings. The molecule has 0 spiro atoms. The van der Waals surface area contributed by atoms with Gasteiger partial charge in [0.05, 0.1) is 17.3 Å². The van der Waals surface area contributed by atoms with Crippen molar-refractivity contribution in [3.63, 3.8) is 0 Å². The maximum atomic E-state index is 10.9. The Hall–Kier alpha value is -2.13. The highest BCUT2D eigenvalue weighted by Crippen LogP contribution is 2.17. The Morgan fingerprint density at radius 3 is 2.79 bits per heavy atom. The van der Waals surface area contributed by atoms with Gasteiger partial charge in [0.1, 0.15) is 5.76 Å². The number of carbonyl (C=O) groups excluding carboxylic acids is 1. The van der Waals surface area contributed by atoms with Crippen LogP contribution in [0, 0.1) is 11.8 Å². The van der Waals surface area contributed by atoms with Gasteiger partial charge in [-0.05, 0) is 11.8 Å². The average molecular weight is 275 g/mol. The maximum Gasteiger partial charge on any atom is 0.273 e. The Morgan fingerprint density at radius 1 is 1.37 bits per heavy atom. The zero-order valence-corrected chi connectivity index (χ0v) is 11.7. The van der Waals surface area contributed by atoms with Gasteiger partial charge in [0.25, 0.3) is 5.89 Å². The fourth-order valence-electron chi connectivity index (χ4n) is 1.27. The third kappa shape index (κ3) is 3.66. The van der Waals surface area contributed by atoms with Crippen molar-refractivity contribution in [1.29, 1.82) is 0 Å². The van der Waals surface area contributed by atoms with Crippen molar-refractivity contribution in [3.8, 4) is 11.8 Å². The number of anilines is 1. The molecule has 2 heterocycles. The largest absolute Gasteiger partial charge is 0.435 e. The van der Waals surface area contributed by atoms with E-state index < -0.39 is 0 Å². The molecule has 2 aromatic heterocycles. The van der Waals surface area contributed by atoms with E-state index in [1.54, 1.807) is 12.4 Å². The predicted molar refractivity (Wildman–Crippen MR) is 73.0 cm³/mol. The number of hydrogen-bond acceptors (Lipinski definition) is 5. The minimum atomic E-state index is -0.150. The second kappa shape index (κ2) is 5.67. The van der Waals surface area contributed by atoms with Crippen LogP contribution in [0.15, 0.2) is 16.8 Å². The predicted octanol–water partition coefficient (Wildman–Crippen LogP) is 2.61. The van der Waals surface area contributed by atoms with E-state index >= 15 is 0 Å². The Labute approximate surface area is 115 Å². The number of hydrogen-bond donors (Lipinski definition) is 1. The van der Waals surface area contributed by atoms with Crippen molar-refractivity contribution in [2.75, 3.05) is 5.32 Å². The summed E-state index contributed by atoms with van der Waals surface area (Å²) in [6.07, 6.45) is 3.29. The molecule has 0 bridgehead atoms. The first-order valence-electron chi connectivity index (χ1n) is 5.75. The molecule has 0 saturated carbocycles. The molecule has 19 heavy (non-hydrogen) atoms. The molecular formula is C13H13N3O2S. The smallest absolute Gasteiger partial charge is 0.273 e. The third-order valence-corrected chi connectivity index (χ3v) is 3.00. The second-order valence-corrected chi connectivity index (χ2v) is 5.21. The monoisotopic (exact) mass is 275 g/mol. The molecule has 5 nitrogen and oxygen atoms in total. The molecule has 0 radical (unpaired) electrons. The molecule has 0 atom stereocenters. The van der Waals surface area contributed by atoms with Crippen LogP contribution in [-0.2, 0) is 4.79 Å². The summed E-state index contributed by atoms with van der Waals surface area (Å²) in [5.74, 6) is 7.08. The summed E-state index contributed by atoms with van der Waals surface area (Å²) in [7, 11) is 0. The summed E-state index contributed by atoms with van der Waals surface area (Å²) in [5, 5.41) is 3.14. The number of amides is 1. The van der Waals surface area contributed by atoms with Gasteiger partial charge in [-0.15, -0.1) is 0 Å². The lowest BCUT2D eigenvalue weighted by molar-refractivity contribution is -0.114. The molecule has 6 heteroatoms. The van der Waals surface area contributed by atoms with Crippen LogP contribution in [0.25, 0.3) is 0 Å². The summed E-state index contributed by atoms with van der Waals surface area (Å²) in [5.41, 5.74) is 0. The minimum absolute atomic E-state index is 0.150. The highest BCUT2D eigenvalue weighted by atomic mass is 32.1. The van der Waals surface area contributed by atoms with Crippen LogP contribution in [0.4, 0.5) is 5.13 Å². The van der Waals surface area contributed by atoms with E-state index in [4.69, 9.17) is 4.42 Å². The lowest BCUT2D eigenvalue weighted by atomic mass is 10.2. The third-order valence-electron chi connectivity index (χ3n) is 2.17. The Kier molecular flexibility index (Phi) is 3.97. The Bertz CT molecular complexity index is 646. The molecule has 2 rings (SSSR count). The van der Waals surface area contributed by atoms with Crippen molar-refractivity contribution in [3.05, 3.63) is 28.9 Å². The van der Waals surface area contributed by atoms with E-state index in [1.807, 2.05) is 13.8 Å². The zero-order chi connectivity index (χ0) is 13.8. The molecule has 0 aliphatic heterocycles. The van der Waals surface area contributed by atoms with E-state index in [-0.39, 0.29) is 11.8 Å². The van der Waals surface area contributed by atoms with E-state index in [0.29, 0.717) is 11.0 Å². The van der Waals surface area contributed by atoms with Crippen molar-refractivity contribution in [2.24, 2.45) is 0 Å². The van der Waals surface area contributed by atoms with Crippen LogP contribution in [0.5, 0.6) is 0 Å². The topological polar surface area (TPSA) is 68.0 Å². The van der Waals surface area contributed by atoms with Gasteiger partial charge in [0.15, 0.2) is 5.13 Å². The van der Waals surface area contributed by atoms with Crippen LogP contribution < -0.4 is 5.32 Å². The normalized spacial score (nSPS) is 10.1.